The van der Waals surface area contributed by atoms with Gasteiger partial charge in [-0.05, 0) is 35.6 Å². The number of thioether (sulfide) groups is 2. The van der Waals surface area contributed by atoms with E-state index in [1.165, 1.54) is 23.5 Å². The van der Waals surface area contributed by atoms with Crippen molar-refractivity contribution in [1.29, 1.82) is 0 Å². The van der Waals surface area contributed by atoms with Crippen LogP contribution in [0.2, 0.25) is 0 Å². The molecule has 0 unspecified atom stereocenters. The van der Waals surface area contributed by atoms with E-state index in [-0.39, 0.29) is 11.8 Å². The number of nitrogens with one attached hydrogen (secondary N) is 1. The van der Waals surface area contributed by atoms with Crippen LogP contribution in [0.25, 0.3) is 0 Å². The molecule has 0 bridgehead atoms. The summed E-state index contributed by atoms with van der Waals surface area (Å²) in [5, 5.41) is 2.96. The molecule has 2 rings (SSSR count). The summed E-state index contributed by atoms with van der Waals surface area (Å²) in [7, 11) is 0. The van der Waals surface area contributed by atoms with Crippen LogP contribution >= 0.6 is 23.5 Å². The van der Waals surface area contributed by atoms with E-state index in [1.54, 1.807) is 0 Å². The minimum Gasteiger partial charge on any atom is -0.326 e. The molecule has 1 aromatic carbocycles. The van der Waals surface area contributed by atoms with Crippen molar-refractivity contribution in [2.24, 2.45) is 5.92 Å². The van der Waals surface area contributed by atoms with E-state index >= 15 is 0 Å². The largest absolute Gasteiger partial charge is 0.326 e. The Hall–Kier alpha value is -0.610. The third-order valence-electron chi connectivity index (χ3n) is 2.78. The van der Waals surface area contributed by atoms with Gasteiger partial charge in [0.2, 0.25) is 5.91 Å². The summed E-state index contributed by atoms with van der Waals surface area (Å²) < 4.78 is 0.523. The Kier molecular flexibility index (Phi) is 5.01. The lowest BCUT2D eigenvalue weighted by Crippen LogP contribution is -2.17. The van der Waals surface area contributed by atoms with Crippen LogP contribution in [0.3, 0.4) is 0 Å². The number of benzene rings is 1. The summed E-state index contributed by atoms with van der Waals surface area (Å²) in [6.07, 6.45) is 1.30. The number of rotatable bonds is 3. The Morgan fingerprint density at radius 2 is 2.06 bits per heavy atom. The summed E-state index contributed by atoms with van der Waals surface area (Å²) >= 11 is 4.00. The highest BCUT2D eigenvalue weighted by Crippen LogP contribution is 2.43. The first-order valence-corrected chi connectivity index (χ1v) is 8.40. The van der Waals surface area contributed by atoms with Gasteiger partial charge in [0.05, 0.1) is 4.58 Å². The average molecular weight is 281 g/mol. The lowest BCUT2D eigenvalue weighted by atomic mass is 10.2. The Morgan fingerprint density at radius 1 is 1.33 bits per heavy atom. The standard InChI is InChI=1S/C14H19NOS2/c1-10(2)13(16)15-12-6-3-5-11(9-12)14-17-7-4-8-18-14/h3,5-6,9-10,14H,4,7-8H2,1-2H3,(H,15,16). The number of carbonyl (C=O) groups excluding carboxylic acids is 1. The molecule has 1 aliphatic heterocycles. The summed E-state index contributed by atoms with van der Waals surface area (Å²) in [6, 6.07) is 8.25. The zero-order valence-electron chi connectivity index (χ0n) is 10.8. The highest BCUT2D eigenvalue weighted by molar-refractivity contribution is 8.16. The summed E-state index contributed by atoms with van der Waals surface area (Å²) in [5.74, 6) is 2.57. The highest BCUT2D eigenvalue weighted by Gasteiger charge is 2.17. The summed E-state index contributed by atoms with van der Waals surface area (Å²) in [5.41, 5.74) is 2.23. The maximum absolute atomic E-state index is 11.7. The highest BCUT2D eigenvalue weighted by atomic mass is 32.2. The van der Waals surface area contributed by atoms with Gasteiger partial charge in [-0.2, -0.15) is 0 Å². The van der Waals surface area contributed by atoms with Crippen molar-refractivity contribution in [3.63, 3.8) is 0 Å². The molecule has 1 N–H and O–H groups in total. The third-order valence-corrected chi connectivity index (χ3v) is 5.79. The fourth-order valence-corrected chi connectivity index (χ4v) is 4.60. The first kappa shape index (κ1) is 13.8. The van der Waals surface area contributed by atoms with E-state index in [9.17, 15) is 4.79 Å². The van der Waals surface area contributed by atoms with Gasteiger partial charge in [-0.25, -0.2) is 0 Å². The number of hydrogen-bond acceptors (Lipinski definition) is 3. The third kappa shape index (κ3) is 3.69. The maximum atomic E-state index is 11.7. The molecule has 0 atom stereocenters. The van der Waals surface area contributed by atoms with Gasteiger partial charge in [0.15, 0.2) is 0 Å². The molecule has 1 heterocycles. The second-order valence-corrected chi connectivity index (χ2v) is 7.42. The Morgan fingerprint density at radius 3 is 2.72 bits per heavy atom. The molecule has 1 aromatic rings. The Balaban J connectivity index is 2.07. The molecule has 0 aliphatic carbocycles. The number of amides is 1. The van der Waals surface area contributed by atoms with Crippen LogP contribution in [0.4, 0.5) is 5.69 Å². The maximum Gasteiger partial charge on any atom is 0.226 e. The molecule has 18 heavy (non-hydrogen) atoms. The summed E-state index contributed by atoms with van der Waals surface area (Å²) in [4.78, 5) is 11.7. The number of hydrogen-bond donors (Lipinski definition) is 1. The SMILES string of the molecule is CC(C)C(=O)Nc1cccc(C2SCCCS2)c1. The van der Waals surface area contributed by atoms with Gasteiger partial charge in [-0.3, -0.25) is 4.79 Å². The van der Waals surface area contributed by atoms with Crippen LogP contribution < -0.4 is 5.32 Å². The van der Waals surface area contributed by atoms with Gasteiger partial charge in [-0.1, -0.05) is 26.0 Å². The molecule has 0 spiro atoms. The molecule has 1 amide bonds. The first-order valence-electron chi connectivity index (χ1n) is 6.31. The quantitative estimate of drug-likeness (QED) is 0.902. The molecule has 0 aromatic heterocycles. The lowest BCUT2D eigenvalue weighted by molar-refractivity contribution is -0.118. The van der Waals surface area contributed by atoms with E-state index in [0.29, 0.717) is 4.58 Å². The van der Waals surface area contributed by atoms with Crippen LogP contribution in [0.5, 0.6) is 0 Å². The van der Waals surface area contributed by atoms with Gasteiger partial charge >= 0.3 is 0 Å². The number of carbonyl (C=O) groups is 1. The molecule has 1 aliphatic rings. The summed E-state index contributed by atoms with van der Waals surface area (Å²) in [6.45, 7) is 3.82. The molecule has 1 fully saturated rings. The van der Waals surface area contributed by atoms with Crippen molar-refractivity contribution < 1.29 is 4.79 Å². The molecular formula is C14H19NOS2. The van der Waals surface area contributed by atoms with Gasteiger partial charge in [0.1, 0.15) is 0 Å². The van der Waals surface area contributed by atoms with Crippen molar-refractivity contribution in [2.45, 2.75) is 24.9 Å². The first-order chi connectivity index (χ1) is 8.66. The Bertz CT molecular complexity index is 414. The molecule has 98 valence electrons. The van der Waals surface area contributed by atoms with E-state index in [4.69, 9.17) is 0 Å². The molecular weight excluding hydrogens is 262 g/mol. The van der Waals surface area contributed by atoms with Crippen LogP contribution in [-0.4, -0.2) is 17.4 Å². The molecule has 4 heteroatoms. The van der Waals surface area contributed by atoms with Gasteiger partial charge in [0.25, 0.3) is 0 Å². The van der Waals surface area contributed by atoms with E-state index in [2.05, 4.69) is 17.4 Å². The molecule has 2 nitrogen and oxygen atoms in total. The van der Waals surface area contributed by atoms with E-state index in [0.717, 1.165) is 5.69 Å². The van der Waals surface area contributed by atoms with E-state index in [1.807, 2.05) is 49.5 Å². The van der Waals surface area contributed by atoms with Gasteiger partial charge in [0, 0.05) is 11.6 Å². The monoisotopic (exact) mass is 281 g/mol. The van der Waals surface area contributed by atoms with Crippen molar-refractivity contribution >= 4 is 35.1 Å². The fraction of sp³-hybridized carbons (Fsp3) is 0.500. The van der Waals surface area contributed by atoms with Crippen molar-refractivity contribution in [3.05, 3.63) is 29.8 Å². The predicted octanol–water partition coefficient (Wildman–Crippen LogP) is 4.15. The Labute approximate surface area is 117 Å². The minimum absolute atomic E-state index is 0.0205. The molecule has 0 saturated carbocycles. The molecule has 1 saturated heterocycles. The zero-order valence-corrected chi connectivity index (χ0v) is 12.4. The second-order valence-electron chi connectivity index (χ2n) is 4.70. The minimum atomic E-state index is 0.0205. The van der Waals surface area contributed by atoms with Crippen LogP contribution in [0.15, 0.2) is 24.3 Å². The molecule has 0 radical (unpaired) electrons. The van der Waals surface area contributed by atoms with Gasteiger partial charge in [-0.15, -0.1) is 23.5 Å². The van der Waals surface area contributed by atoms with Crippen molar-refractivity contribution in [3.8, 4) is 0 Å². The van der Waals surface area contributed by atoms with Gasteiger partial charge < -0.3 is 5.32 Å². The van der Waals surface area contributed by atoms with Crippen LogP contribution in [-0.2, 0) is 4.79 Å². The van der Waals surface area contributed by atoms with Crippen LogP contribution in [0.1, 0.15) is 30.4 Å². The average Bonchev–Trinajstić information content (AvgIpc) is 2.40. The van der Waals surface area contributed by atoms with Crippen molar-refractivity contribution in [1.82, 2.24) is 0 Å². The normalized spacial score (nSPS) is 16.8. The smallest absolute Gasteiger partial charge is 0.226 e. The lowest BCUT2D eigenvalue weighted by Gasteiger charge is -2.21. The zero-order chi connectivity index (χ0) is 13.0. The topological polar surface area (TPSA) is 29.1 Å². The fourth-order valence-electron chi connectivity index (χ4n) is 1.73. The second kappa shape index (κ2) is 6.53. The van der Waals surface area contributed by atoms with Crippen LogP contribution in [0, 0.1) is 5.92 Å². The van der Waals surface area contributed by atoms with Crippen molar-refractivity contribution in [2.75, 3.05) is 16.8 Å². The van der Waals surface area contributed by atoms with E-state index < -0.39 is 0 Å². The number of anilines is 1. The predicted molar refractivity (Wildman–Crippen MR) is 82.2 cm³/mol.